The van der Waals surface area contributed by atoms with Gasteiger partial charge in [-0.05, 0) is 19.9 Å². The third-order valence-corrected chi connectivity index (χ3v) is 1.42. The van der Waals surface area contributed by atoms with Crippen LogP contribution in [0.5, 0.6) is 0 Å². The Morgan fingerprint density at radius 2 is 1.80 bits per heavy atom. The van der Waals surface area contributed by atoms with Crippen LogP contribution in [0.2, 0.25) is 0 Å². The van der Waals surface area contributed by atoms with Crippen molar-refractivity contribution in [3.63, 3.8) is 0 Å². The molecule has 0 spiro atoms. The third kappa shape index (κ3) is 3.85. The Bertz CT molecular complexity index is 104. The Hall–Kier alpha value is -0.0800. The summed E-state index contributed by atoms with van der Waals surface area (Å²) < 4.78 is 0. The molecule has 0 aromatic rings. The van der Waals surface area contributed by atoms with Gasteiger partial charge in [0.15, 0.2) is 0 Å². The van der Waals surface area contributed by atoms with Gasteiger partial charge in [0, 0.05) is 0 Å². The fraction of sp³-hybridized carbons (Fsp3) is 0.857. The Labute approximate surface area is 68.8 Å². The predicted molar refractivity (Wildman–Crippen MR) is 45.6 cm³/mol. The second kappa shape index (κ2) is 5.69. The van der Waals surface area contributed by atoms with Gasteiger partial charge in [0.1, 0.15) is 5.78 Å². The summed E-state index contributed by atoms with van der Waals surface area (Å²) in [6, 6.07) is 0.0324. The molecule has 0 radical (unpaired) electrons. The maximum Gasteiger partial charge on any atom is 0.146 e. The van der Waals surface area contributed by atoms with Gasteiger partial charge in [0.25, 0.3) is 0 Å². The third-order valence-electron chi connectivity index (χ3n) is 1.42. The molecule has 0 aromatic carbocycles. The van der Waals surface area contributed by atoms with Crippen molar-refractivity contribution in [1.82, 2.24) is 5.32 Å². The van der Waals surface area contributed by atoms with Crippen LogP contribution >= 0.6 is 12.4 Å². The molecule has 0 saturated carbocycles. The molecule has 62 valence electrons. The minimum Gasteiger partial charge on any atom is -0.310 e. The number of carbonyl (C=O) groups is 1. The van der Waals surface area contributed by atoms with Crippen LogP contribution in [-0.4, -0.2) is 18.9 Å². The first-order valence-corrected chi connectivity index (χ1v) is 3.27. The van der Waals surface area contributed by atoms with Crippen molar-refractivity contribution in [1.29, 1.82) is 0 Å². The molecule has 0 heterocycles. The molecule has 1 unspecified atom stereocenters. The summed E-state index contributed by atoms with van der Waals surface area (Å²) in [7, 11) is 1.81. The zero-order chi connectivity index (χ0) is 7.44. The summed E-state index contributed by atoms with van der Waals surface area (Å²) in [5, 5.41) is 2.95. The predicted octanol–water partition coefficient (Wildman–Crippen LogP) is 1.24. The molecule has 3 heteroatoms. The molecule has 0 bridgehead atoms. The summed E-state index contributed by atoms with van der Waals surface area (Å²) >= 11 is 0. The Morgan fingerprint density at radius 1 is 1.40 bits per heavy atom. The molecular formula is C7H16ClNO. The van der Waals surface area contributed by atoms with Crippen LogP contribution in [0.25, 0.3) is 0 Å². The van der Waals surface area contributed by atoms with Crippen molar-refractivity contribution >= 4 is 18.2 Å². The Morgan fingerprint density at radius 3 is 1.80 bits per heavy atom. The topological polar surface area (TPSA) is 29.1 Å². The lowest BCUT2D eigenvalue weighted by molar-refractivity contribution is -0.119. The minimum absolute atomic E-state index is 0. The van der Waals surface area contributed by atoms with Crippen LogP contribution in [0.1, 0.15) is 20.8 Å². The largest absolute Gasteiger partial charge is 0.310 e. The average molecular weight is 166 g/mol. The number of carbonyl (C=O) groups excluding carboxylic acids is 1. The molecule has 2 nitrogen and oxygen atoms in total. The Balaban J connectivity index is 0. The van der Waals surface area contributed by atoms with E-state index in [1.165, 1.54) is 0 Å². The van der Waals surface area contributed by atoms with Gasteiger partial charge in [0.2, 0.25) is 0 Å². The SMILES string of the molecule is CNC(C(C)=O)C(C)C.Cl. The highest BCUT2D eigenvalue weighted by Gasteiger charge is 2.14. The molecule has 0 saturated heterocycles. The summed E-state index contributed by atoms with van der Waals surface area (Å²) in [5.41, 5.74) is 0. The van der Waals surface area contributed by atoms with Crippen LogP contribution in [0.4, 0.5) is 0 Å². The summed E-state index contributed by atoms with van der Waals surface area (Å²) in [5.74, 6) is 0.611. The van der Waals surface area contributed by atoms with Gasteiger partial charge < -0.3 is 5.32 Å². The number of hydrogen-bond acceptors (Lipinski definition) is 2. The number of ketones is 1. The highest BCUT2D eigenvalue weighted by atomic mass is 35.5. The van der Waals surface area contributed by atoms with Crippen LogP contribution in [-0.2, 0) is 4.79 Å². The molecule has 0 rings (SSSR count). The summed E-state index contributed by atoms with van der Waals surface area (Å²) in [4.78, 5) is 10.8. The smallest absolute Gasteiger partial charge is 0.146 e. The molecule has 0 aliphatic heterocycles. The second-order valence-corrected chi connectivity index (χ2v) is 2.62. The van der Waals surface area contributed by atoms with Crippen molar-refractivity contribution in [2.45, 2.75) is 26.8 Å². The van der Waals surface area contributed by atoms with Gasteiger partial charge in [0.05, 0.1) is 6.04 Å². The van der Waals surface area contributed by atoms with Crippen molar-refractivity contribution in [3.05, 3.63) is 0 Å². The highest BCUT2D eigenvalue weighted by Crippen LogP contribution is 2.00. The van der Waals surface area contributed by atoms with Gasteiger partial charge in [-0.3, -0.25) is 4.79 Å². The van der Waals surface area contributed by atoms with E-state index in [4.69, 9.17) is 0 Å². The number of likely N-dealkylation sites (N-methyl/N-ethyl adjacent to an activating group) is 1. The highest BCUT2D eigenvalue weighted by molar-refractivity contribution is 5.85. The van der Waals surface area contributed by atoms with Crippen LogP contribution in [0, 0.1) is 5.92 Å². The lowest BCUT2D eigenvalue weighted by atomic mass is 10.0. The number of halogens is 1. The van der Waals surface area contributed by atoms with Gasteiger partial charge in [-0.15, -0.1) is 12.4 Å². The van der Waals surface area contributed by atoms with Gasteiger partial charge in [-0.25, -0.2) is 0 Å². The van der Waals surface area contributed by atoms with E-state index in [0.717, 1.165) is 0 Å². The van der Waals surface area contributed by atoms with Crippen molar-refractivity contribution in [3.8, 4) is 0 Å². The fourth-order valence-corrected chi connectivity index (χ4v) is 1.01. The van der Waals surface area contributed by atoms with Crippen LogP contribution in [0.3, 0.4) is 0 Å². The summed E-state index contributed by atoms with van der Waals surface area (Å²) in [6.07, 6.45) is 0. The zero-order valence-corrected chi connectivity index (χ0v) is 7.79. The molecule has 0 aliphatic rings. The minimum atomic E-state index is 0. The molecule has 0 aliphatic carbocycles. The van der Waals surface area contributed by atoms with Gasteiger partial charge in [-0.1, -0.05) is 13.8 Å². The molecule has 0 fully saturated rings. The summed E-state index contributed by atoms with van der Waals surface area (Å²) in [6.45, 7) is 5.67. The van der Waals surface area contributed by atoms with Gasteiger partial charge in [-0.2, -0.15) is 0 Å². The van der Waals surface area contributed by atoms with E-state index in [9.17, 15) is 4.79 Å². The van der Waals surface area contributed by atoms with Crippen molar-refractivity contribution < 1.29 is 4.79 Å². The van der Waals surface area contributed by atoms with Crippen molar-refractivity contribution in [2.75, 3.05) is 7.05 Å². The number of Topliss-reactive ketones (excluding diaryl/α,β-unsaturated/α-hetero) is 1. The molecule has 1 N–H and O–H groups in total. The van der Waals surface area contributed by atoms with E-state index in [2.05, 4.69) is 5.32 Å². The lowest BCUT2D eigenvalue weighted by Crippen LogP contribution is -2.36. The molecular weight excluding hydrogens is 150 g/mol. The number of rotatable bonds is 3. The average Bonchev–Trinajstić information content (AvgIpc) is 1.64. The first-order chi connectivity index (χ1) is 4.09. The molecule has 10 heavy (non-hydrogen) atoms. The monoisotopic (exact) mass is 165 g/mol. The van der Waals surface area contributed by atoms with Crippen molar-refractivity contribution in [2.24, 2.45) is 5.92 Å². The molecule has 0 amide bonds. The maximum absolute atomic E-state index is 10.8. The number of hydrogen-bond donors (Lipinski definition) is 1. The van der Waals surface area contributed by atoms with E-state index >= 15 is 0 Å². The standard InChI is InChI=1S/C7H15NO.ClH/c1-5(2)7(8-4)6(3)9;/h5,7-8H,1-4H3;1H. The van der Waals surface area contributed by atoms with E-state index < -0.39 is 0 Å². The normalized spacial score (nSPS) is 12.5. The van der Waals surface area contributed by atoms with Crippen LogP contribution in [0.15, 0.2) is 0 Å². The van der Waals surface area contributed by atoms with E-state index in [-0.39, 0.29) is 24.2 Å². The van der Waals surface area contributed by atoms with E-state index in [0.29, 0.717) is 5.92 Å². The first kappa shape index (κ1) is 12.6. The molecule has 0 aromatic heterocycles. The number of nitrogens with one attached hydrogen (secondary N) is 1. The van der Waals surface area contributed by atoms with E-state index in [1.54, 1.807) is 6.92 Å². The Kier molecular flexibility index (Phi) is 7.15. The van der Waals surface area contributed by atoms with Crippen LogP contribution < -0.4 is 5.32 Å². The fourth-order valence-electron chi connectivity index (χ4n) is 1.01. The second-order valence-electron chi connectivity index (χ2n) is 2.62. The molecule has 1 atom stereocenters. The first-order valence-electron chi connectivity index (χ1n) is 3.27. The maximum atomic E-state index is 10.8. The quantitative estimate of drug-likeness (QED) is 0.682. The van der Waals surface area contributed by atoms with E-state index in [1.807, 2.05) is 20.9 Å². The van der Waals surface area contributed by atoms with Gasteiger partial charge >= 0.3 is 0 Å². The lowest BCUT2D eigenvalue weighted by Gasteiger charge is -2.15. The zero-order valence-electron chi connectivity index (χ0n) is 6.97.